The van der Waals surface area contributed by atoms with E-state index in [-0.39, 0.29) is 10.6 Å². The molecule has 0 spiro atoms. The summed E-state index contributed by atoms with van der Waals surface area (Å²) in [6.07, 6.45) is 0. The molecule has 3 amide bonds. The van der Waals surface area contributed by atoms with Crippen molar-refractivity contribution in [3.63, 3.8) is 0 Å². The number of amides is 3. The smallest absolute Gasteiger partial charge is 0.324 e. The molecule has 2 atom stereocenters. The summed E-state index contributed by atoms with van der Waals surface area (Å²) in [7, 11) is 0. The van der Waals surface area contributed by atoms with Crippen LogP contribution in [0.3, 0.4) is 0 Å². The number of rotatable bonds is 4. The lowest BCUT2D eigenvalue weighted by Gasteiger charge is -2.22. The Morgan fingerprint density at radius 2 is 1.92 bits per heavy atom. The van der Waals surface area contributed by atoms with Crippen molar-refractivity contribution in [3.8, 4) is 6.07 Å². The summed E-state index contributed by atoms with van der Waals surface area (Å²) in [5.74, 6) is -1.56. The molecule has 2 rings (SSSR count). The molecule has 8 heteroatoms. The second-order valence-electron chi connectivity index (χ2n) is 5.42. The van der Waals surface area contributed by atoms with Crippen molar-refractivity contribution in [2.24, 2.45) is 5.73 Å². The number of allylic oxidation sites excluding steroid dienone is 1. The molecule has 132 valence electrons. The van der Waals surface area contributed by atoms with Crippen molar-refractivity contribution in [1.29, 1.82) is 5.26 Å². The van der Waals surface area contributed by atoms with Crippen molar-refractivity contribution in [2.45, 2.75) is 25.0 Å². The molecule has 1 heterocycles. The van der Waals surface area contributed by atoms with Gasteiger partial charge in [-0.2, -0.15) is 5.26 Å². The molecule has 3 N–H and O–H groups in total. The normalized spacial score (nSPS) is 19.4. The lowest BCUT2D eigenvalue weighted by Crippen LogP contribution is -2.46. The number of carbonyl (C=O) groups excluding carboxylic acids is 2. The average Bonchev–Trinajstić information content (AvgIpc) is 2.93. The van der Waals surface area contributed by atoms with Gasteiger partial charge in [0.2, 0.25) is 5.91 Å². The average molecular weight is 362 g/mol. The largest absolute Gasteiger partial charge is 0.393 e. The fourth-order valence-electron chi connectivity index (χ4n) is 2.68. The maximum absolute atomic E-state index is 13.2. The SMILES string of the molecule is CCN(CC)C(=O)NC(=O)C1SC(N)=C(C#N)C1c1ccc(F)cc1. The van der Waals surface area contributed by atoms with Crippen LogP contribution in [0.25, 0.3) is 0 Å². The minimum Gasteiger partial charge on any atom is -0.393 e. The molecule has 0 saturated carbocycles. The summed E-state index contributed by atoms with van der Waals surface area (Å²) in [5, 5.41) is 11.2. The molecule has 25 heavy (non-hydrogen) atoms. The number of nitrogens with one attached hydrogen (secondary N) is 1. The first-order valence-electron chi connectivity index (χ1n) is 7.84. The Labute approximate surface area is 149 Å². The summed E-state index contributed by atoms with van der Waals surface area (Å²) in [5.41, 5.74) is 6.74. The van der Waals surface area contributed by atoms with Crippen LogP contribution in [0.1, 0.15) is 25.3 Å². The zero-order valence-corrected chi connectivity index (χ0v) is 14.8. The zero-order valence-electron chi connectivity index (χ0n) is 14.0. The minimum atomic E-state index is -0.764. The van der Waals surface area contributed by atoms with Crippen LogP contribution >= 0.6 is 11.8 Å². The van der Waals surface area contributed by atoms with Crippen LogP contribution < -0.4 is 11.1 Å². The number of nitrogens with two attached hydrogens (primary N) is 1. The molecule has 1 aliphatic heterocycles. The first kappa shape index (κ1) is 18.8. The van der Waals surface area contributed by atoms with Crippen LogP contribution in [-0.4, -0.2) is 35.2 Å². The van der Waals surface area contributed by atoms with Gasteiger partial charge in [-0.25, -0.2) is 9.18 Å². The van der Waals surface area contributed by atoms with Crippen molar-refractivity contribution >= 4 is 23.7 Å². The summed E-state index contributed by atoms with van der Waals surface area (Å²) in [6, 6.07) is 7.10. The molecule has 1 aliphatic rings. The second kappa shape index (κ2) is 8.03. The van der Waals surface area contributed by atoms with Gasteiger partial charge in [-0.15, -0.1) is 0 Å². The molecule has 0 bridgehead atoms. The summed E-state index contributed by atoms with van der Waals surface area (Å²) in [6.45, 7) is 4.57. The van der Waals surface area contributed by atoms with Crippen molar-refractivity contribution in [1.82, 2.24) is 10.2 Å². The number of imide groups is 1. The van der Waals surface area contributed by atoms with Crippen molar-refractivity contribution in [3.05, 3.63) is 46.2 Å². The summed E-state index contributed by atoms with van der Waals surface area (Å²) >= 11 is 1.04. The highest BCUT2D eigenvalue weighted by atomic mass is 32.2. The number of nitrogens with zero attached hydrogens (tertiary/aromatic N) is 2. The van der Waals surface area contributed by atoms with Crippen LogP contribution in [0.4, 0.5) is 9.18 Å². The first-order valence-corrected chi connectivity index (χ1v) is 8.72. The standard InChI is InChI=1S/C17H19FN4O2S/c1-3-22(4-2)17(24)21-16(23)14-13(12(9-19)15(20)25-14)10-5-7-11(18)8-6-10/h5-8,13-14H,3-4,20H2,1-2H3,(H,21,23,24). The Kier molecular flexibility index (Phi) is 6.04. The van der Waals surface area contributed by atoms with E-state index in [2.05, 4.69) is 5.32 Å². The molecule has 1 aromatic rings. The Bertz CT molecular complexity index is 738. The number of hydrogen-bond donors (Lipinski definition) is 2. The van der Waals surface area contributed by atoms with E-state index < -0.39 is 28.9 Å². The molecule has 0 aliphatic carbocycles. The predicted octanol–water partition coefficient (Wildman–Crippen LogP) is 2.30. The highest BCUT2D eigenvalue weighted by Gasteiger charge is 2.41. The third kappa shape index (κ3) is 3.94. The first-order chi connectivity index (χ1) is 11.9. The maximum atomic E-state index is 13.2. The van der Waals surface area contributed by atoms with Crippen LogP contribution in [-0.2, 0) is 4.79 Å². The van der Waals surface area contributed by atoms with Gasteiger partial charge in [-0.1, -0.05) is 23.9 Å². The third-order valence-electron chi connectivity index (χ3n) is 4.02. The molecule has 2 unspecified atom stereocenters. The van der Waals surface area contributed by atoms with E-state index in [4.69, 9.17) is 5.73 Å². The lowest BCUT2D eigenvalue weighted by atomic mass is 9.88. The Hall–Kier alpha value is -2.53. The zero-order chi connectivity index (χ0) is 18.6. The van der Waals surface area contributed by atoms with Crippen molar-refractivity contribution in [2.75, 3.05) is 13.1 Å². The van der Waals surface area contributed by atoms with Gasteiger partial charge in [0.25, 0.3) is 0 Å². The van der Waals surface area contributed by atoms with Gasteiger partial charge in [-0.05, 0) is 31.5 Å². The highest BCUT2D eigenvalue weighted by molar-refractivity contribution is 8.04. The minimum absolute atomic E-state index is 0.243. The topological polar surface area (TPSA) is 99.2 Å². The maximum Gasteiger partial charge on any atom is 0.324 e. The highest BCUT2D eigenvalue weighted by Crippen LogP contribution is 2.45. The number of thioether (sulfide) groups is 1. The second-order valence-corrected chi connectivity index (χ2v) is 6.61. The number of urea groups is 1. The quantitative estimate of drug-likeness (QED) is 0.856. The number of nitriles is 1. The Morgan fingerprint density at radius 1 is 1.32 bits per heavy atom. The van der Waals surface area contributed by atoms with Gasteiger partial charge in [-0.3, -0.25) is 10.1 Å². The van der Waals surface area contributed by atoms with Gasteiger partial charge in [0.05, 0.1) is 16.7 Å². The van der Waals surface area contributed by atoms with Crippen LogP contribution in [0.5, 0.6) is 0 Å². The monoisotopic (exact) mass is 362 g/mol. The van der Waals surface area contributed by atoms with Gasteiger partial charge < -0.3 is 10.6 Å². The van der Waals surface area contributed by atoms with Gasteiger partial charge in [0, 0.05) is 19.0 Å². The van der Waals surface area contributed by atoms with Crippen LogP contribution in [0.2, 0.25) is 0 Å². The van der Waals surface area contributed by atoms with Gasteiger partial charge in [0.15, 0.2) is 0 Å². The van der Waals surface area contributed by atoms with Gasteiger partial charge in [0.1, 0.15) is 11.1 Å². The van der Waals surface area contributed by atoms with Crippen LogP contribution in [0, 0.1) is 17.1 Å². The molecule has 0 radical (unpaired) electrons. The van der Waals surface area contributed by atoms with Gasteiger partial charge >= 0.3 is 6.03 Å². The number of hydrogen-bond acceptors (Lipinski definition) is 5. The van der Waals surface area contributed by atoms with E-state index in [0.29, 0.717) is 18.7 Å². The molecular formula is C17H19FN4O2S. The Balaban J connectivity index is 2.27. The number of carbonyl (C=O) groups is 2. The number of benzene rings is 1. The predicted molar refractivity (Wildman–Crippen MR) is 93.8 cm³/mol. The molecule has 1 aromatic carbocycles. The third-order valence-corrected chi connectivity index (χ3v) is 5.24. The lowest BCUT2D eigenvalue weighted by molar-refractivity contribution is -0.119. The van der Waals surface area contributed by atoms with E-state index in [1.807, 2.05) is 19.9 Å². The fourth-order valence-corrected chi connectivity index (χ4v) is 3.85. The Morgan fingerprint density at radius 3 is 2.44 bits per heavy atom. The summed E-state index contributed by atoms with van der Waals surface area (Å²) < 4.78 is 13.2. The van der Waals surface area contributed by atoms with E-state index in [9.17, 15) is 19.2 Å². The molecular weight excluding hydrogens is 343 g/mol. The fraction of sp³-hybridized carbons (Fsp3) is 0.353. The molecule has 0 fully saturated rings. The van der Waals surface area contributed by atoms with E-state index in [1.54, 1.807) is 0 Å². The molecule has 0 saturated heterocycles. The van der Waals surface area contributed by atoms with E-state index in [1.165, 1.54) is 29.2 Å². The molecule has 6 nitrogen and oxygen atoms in total. The molecule has 0 aromatic heterocycles. The van der Waals surface area contributed by atoms with Crippen LogP contribution in [0.15, 0.2) is 34.9 Å². The van der Waals surface area contributed by atoms with Crippen molar-refractivity contribution < 1.29 is 14.0 Å². The number of halogens is 1. The van der Waals surface area contributed by atoms with E-state index >= 15 is 0 Å². The van der Waals surface area contributed by atoms with E-state index in [0.717, 1.165) is 11.8 Å². The summed E-state index contributed by atoms with van der Waals surface area (Å²) in [4.78, 5) is 26.2.